The first-order valence-corrected chi connectivity index (χ1v) is 6.03. The fourth-order valence-corrected chi connectivity index (χ4v) is 1.98. The average Bonchev–Trinajstić information content (AvgIpc) is 2.82. The second-order valence-corrected chi connectivity index (χ2v) is 4.57. The number of hydrogen-bond acceptors (Lipinski definition) is 6. The van der Waals surface area contributed by atoms with Gasteiger partial charge in [-0.05, 0) is 6.92 Å². The molecule has 0 amide bonds. The van der Waals surface area contributed by atoms with Crippen LogP contribution in [-0.2, 0) is 11.8 Å². The molecule has 96 valence electrons. The van der Waals surface area contributed by atoms with Gasteiger partial charge in [0.25, 0.3) is 0 Å². The lowest BCUT2D eigenvalue weighted by Gasteiger charge is -2.02. The normalized spacial score (nSPS) is 10.8. The molecule has 3 N–H and O–H groups in total. The summed E-state index contributed by atoms with van der Waals surface area (Å²) in [4.78, 5) is 10.5. The zero-order valence-electron chi connectivity index (χ0n) is 9.86. The van der Waals surface area contributed by atoms with E-state index in [0.717, 1.165) is 23.0 Å². The summed E-state index contributed by atoms with van der Waals surface area (Å²) < 4.78 is 2.98. The topological polar surface area (TPSA) is 112 Å². The number of nitrogens with two attached hydrogens (primary N) is 1. The van der Waals surface area contributed by atoms with Crippen molar-refractivity contribution in [3.63, 3.8) is 0 Å². The molecule has 0 atom stereocenters. The van der Waals surface area contributed by atoms with Crippen molar-refractivity contribution >= 4 is 17.7 Å². The Labute approximate surface area is 107 Å². The summed E-state index contributed by atoms with van der Waals surface area (Å²) in [7, 11) is 1.82. The molecule has 0 spiro atoms. The molecule has 0 aliphatic heterocycles. The Morgan fingerprint density at radius 2 is 2.28 bits per heavy atom. The number of aryl methyl sites for hydroxylation is 1. The van der Waals surface area contributed by atoms with Crippen LogP contribution in [0.1, 0.15) is 5.69 Å². The Morgan fingerprint density at radius 3 is 2.83 bits per heavy atom. The molecule has 0 aromatic carbocycles. The highest BCUT2D eigenvalue weighted by atomic mass is 32.2. The van der Waals surface area contributed by atoms with Crippen molar-refractivity contribution in [2.24, 2.45) is 7.05 Å². The van der Waals surface area contributed by atoms with Crippen molar-refractivity contribution in [1.82, 2.24) is 24.7 Å². The van der Waals surface area contributed by atoms with E-state index in [2.05, 4.69) is 15.3 Å². The predicted molar refractivity (Wildman–Crippen MR) is 65.5 cm³/mol. The summed E-state index contributed by atoms with van der Waals surface area (Å²) >= 11 is 1.02. The zero-order chi connectivity index (χ0) is 13.3. The van der Waals surface area contributed by atoms with Gasteiger partial charge in [0.05, 0.1) is 17.5 Å². The fourth-order valence-electron chi connectivity index (χ4n) is 1.40. The van der Waals surface area contributed by atoms with E-state index < -0.39 is 5.97 Å². The molecule has 0 unspecified atom stereocenters. The lowest BCUT2D eigenvalue weighted by atomic mass is 10.2. The Balaban J connectivity index is 2.31. The highest BCUT2D eigenvalue weighted by molar-refractivity contribution is 7.99. The van der Waals surface area contributed by atoms with Crippen molar-refractivity contribution < 1.29 is 9.90 Å². The van der Waals surface area contributed by atoms with Gasteiger partial charge in [0.15, 0.2) is 5.82 Å². The molecule has 0 aliphatic rings. The third-order valence-corrected chi connectivity index (χ3v) is 3.39. The van der Waals surface area contributed by atoms with Crippen LogP contribution in [0.2, 0.25) is 0 Å². The number of nitrogens with zero attached hydrogens (tertiary/aromatic N) is 5. The van der Waals surface area contributed by atoms with E-state index in [-0.39, 0.29) is 5.75 Å². The van der Waals surface area contributed by atoms with E-state index in [1.165, 1.54) is 4.68 Å². The van der Waals surface area contributed by atoms with Crippen LogP contribution in [0.25, 0.3) is 11.4 Å². The van der Waals surface area contributed by atoms with Gasteiger partial charge in [0, 0.05) is 12.7 Å². The Hall–Kier alpha value is -2.03. The standard InChI is InChI=1S/C9H12N6O2S/c1-5-6(3-11-14(5)2)8-12-13-9(15(8)10)18-4-7(16)17/h3H,4,10H2,1-2H3,(H,16,17). The molecular formula is C9H12N6O2S. The predicted octanol–water partition coefficient (Wildman–Crippen LogP) is -0.122. The number of carbonyl (C=O) groups is 1. The number of aliphatic carboxylic acids is 1. The molecule has 0 bridgehead atoms. The first kappa shape index (κ1) is 12.4. The van der Waals surface area contributed by atoms with Crippen molar-refractivity contribution in [3.8, 4) is 11.4 Å². The van der Waals surface area contributed by atoms with Crippen molar-refractivity contribution in [3.05, 3.63) is 11.9 Å². The second-order valence-electron chi connectivity index (χ2n) is 3.63. The van der Waals surface area contributed by atoms with Crippen LogP contribution in [0, 0.1) is 6.92 Å². The third kappa shape index (κ3) is 2.16. The van der Waals surface area contributed by atoms with Gasteiger partial charge < -0.3 is 10.9 Å². The molecule has 9 heteroatoms. The molecule has 0 fully saturated rings. The Morgan fingerprint density at radius 1 is 1.56 bits per heavy atom. The lowest BCUT2D eigenvalue weighted by Crippen LogP contribution is -2.12. The lowest BCUT2D eigenvalue weighted by molar-refractivity contribution is -0.133. The molecule has 18 heavy (non-hydrogen) atoms. The second kappa shape index (κ2) is 4.69. The molecule has 0 saturated heterocycles. The van der Waals surface area contributed by atoms with Gasteiger partial charge in [-0.25, -0.2) is 4.68 Å². The number of carboxylic acid groups (broad SMARTS) is 1. The van der Waals surface area contributed by atoms with Crippen LogP contribution in [0.3, 0.4) is 0 Å². The summed E-state index contributed by atoms with van der Waals surface area (Å²) in [5.74, 6) is 5.27. The van der Waals surface area contributed by atoms with Crippen molar-refractivity contribution in [1.29, 1.82) is 0 Å². The minimum atomic E-state index is -0.929. The maximum atomic E-state index is 10.5. The summed E-state index contributed by atoms with van der Waals surface area (Å²) in [5.41, 5.74) is 1.68. The highest BCUT2D eigenvalue weighted by Crippen LogP contribution is 2.23. The maximum absolute atomic E-state index is 10.5. The molecule has 2 aromatic rings. The quantitative estimate of drug-likeness (QED) is 0.587. The smallest absolute Gasteiger partial charge is 0.313 e. The number of thioether (sulfide) groups is 1. The zero-order valence-corrected chi connectivity index (χ0v) is 10.7. The van der Waals surface area contributed by atoms with E-state index in [1.54, 1.807) is 10.9 Å². The molecule has 8 nitrogen and oxygen atoms in total. The van der Waals surface area contributed by atoms with Crippen molar-refractivity contribution in [2.75, 3.05) is 11.6 Å². The average molecular weight is 268 g/mol. The van der Waals surface area contributed by atoms with Gasteiger partial charge in [-0.3, -0.25) is 9.48 Å². The van der Waals surface area contributed by atoms with Crippen LogP contribution in [-0.4, -0.2) is 41.5 Å². The molecule has 2 heterocycles. The van der Waals surface area contributed by atoms with Crippen LogP contribution in [0.4, 0.5) is 0 Å². The first-order chi connectivity index (χ1) is 8.50. The van der Waals surface area contributed by atoms with Gasteiger partial charge in [-0.2, -0.15) is 5.10 Å². The molecule has 0 aliphatic carbocycles. The summed E-state index contributed by atoms with van der Waals surface area (Å²) in [6, 6.07) is 0. The van der Waals surface area contributed by atoms with Gasteiger partial charge in [0.2, 0.25) is 5.16 Å². The first-order valence-electron chi connectivity index (χ1n) is 5.04. The molecule has 0 saturated carbocycles. The monoisotopic (exact) mass is 268 g/mol. The summed E-state index contributed by atoms with van der Waals surface area (Å²) in [5, 5.41) is 20.9. The van der Waals surface area contributed by atoms with E-state index in [0.29, 0.717) is 11.0 Å². The largest absolute Gasteiger partial charge is 0.481 e. The SMILES string of the molecule is Cc1c(-c2nnc(SCC(=O)O)n2N)cnn1C. The number of aromatic nitrogens is 5. The summed E-state index contributed by atoms with van der Waals surface area (Å²) in [6.07, 6.45) is 1.65. The maximum Gasteiger partial charge on any atom is 0.313 e. The highest BCUT2D eigenvalue weighted by Gasteiger charge is 2.16. The van der Waals surface area contributed by atoms with Crippen LogP contribution < -0.4 is 5.84 Å². The van der Waals surface area contributed by atoms with Gasteiger partial charge in [-0.15, -0.1) is 10.2 Å². The van der Waals surface area contributed by atoms with Crippen LogP contribution in [0.15, 0.2) is 11.4 Å². The summed E-state index contributed by atoms with van der Waals surface area (Å²) in [6.45, 7) is 1.89. The molecule has 0 radical (unpaired) electrons. The van der Waals surface area contributed by atoms with Crippen LogP contribution >= 0.6 is 11.8 Å². The number of hydrogen-bond donors (Lipinski definition) is 2. The number of rotatable bonds is 4. The van der Waals surface area contributed by atoms with E-state index in [9.17, 15) is 4.79 Å². The Bertz CT molecular complexity index is 590. The van der Waals surface area contributed by atoms with Gasteiger partial charge in [-0.1, -0.05) is 11.8 Å². The molecule has 2 aromatic heterocycles. The van der Waals surface area contributed by atoms with E-state index >= 15 is 0 Å². The van der Waals surface area contributed by atoms with Gasteiger partial charge in [0.1, 0.15) is 0 Å². The number of nitrogen functional groups attached to an aromatic ring is 1. The minimum absolute atomic E-state index is 0.110. The fraction of sp³-hybridized carbons (Fsp3) is 0.333. The van der Waals surface area contributed by atoms with Gasteiger partial charge >= 0.3 is 5.97 Å². The van der Waals surface area contributed by atoms with Crippen molar-refractivity contribution in [2.45, 2.75) is 12.1 Å². The molecular weight excluding hydrogens is 256 g/mol. The van der Waals surface area contributed by atoms with Crippen LogP contribution in [0.5, 0.6) is 0 Å². The number of carboxylic acids is 1. The van der Waals surface area contributed by atoms with E-state index in [4.69, 9.17) is 10.9 Å². The molecule has 2 rings (SSSR count). The Kier molecular flexibility index (Phi) is 3.24. The van der Waals surface area contributed by atoms with E-state index in [1.807, 2.05) is 14.0 Å². The third-order valence-electron chi connectivity index (χ3n) is 2.47. The minimum Gasteiger partial charge on any atom is -0.481 e.